The third-order valence-corrected chi connectivity index (χ3v) is 9.82. The topological polar surface area (TPSA) is 132 Å². The Labute approximate surface area is 293 Å². The smallest absolute Gasteiger partial charge is 0.410 e. The van der Waals surface area contributed by atoms with Crippen molar-refractivity contribution in [3.8, 4) is 0 Å². The molecule has 3 amide bonds. The quantitative estimate of drug-likeness (QED) is 0.406. The Balaban J connectivity index is 1.43. The normalized spacial score (nSPS) is 24.5. The molecule has 50 heavy (non-hydrogen) atoms. The van der Waals surface area contributed by atoms with Crippen molar-refractivity contribution in [2.24, 2.45) is 0 Å². The molecule has 272 valence electrons. The number of carboxylic acid groups (broad SMARTS) is 1. The van der Waals surface area contributed by atoms with E-state index >= 15 is 0 Å². The number of carbonyl (C=O) groups excluding carboxylic acids is 3. The molecule has 2 aromatic carbocycles. The van der Waals surface area contributed by atoms with Crippen LogP contribution in [0, 0.1) is 5.82 Å². The van der Waals surface area contributed by atoms with E-state index in [0.717, 1.165) is 17.7 Å². The summed E-state index contributed by atoms with van der Waals surface area (Å²) in [6, 6.07) is 11.6. The summed E-state index contributed by atoms with van der Waals surface area (Å²) < 4.78 is 25.0. The van der Waals surface area contributed by atoms with Crippen LogP contribution < -0.4 is 10.2 Å². The first-order chi connectivity index (χ1) is 23.5. The second kappa shape index (κ2) is 15.0. The van der Waals surface area contributed by atoms with Crippen molar-refractivity contribution in [3.63, 3.8) is 0 Å². The standard InChI is InChI=1S/C37H50FN5O7/c1-24-18-41(29(19-40-13-14-49-22-25(40)2)20-42(24)35(48)50-36(3,4)5)21-32(44)43-23-37(6,34(47)39-17-33(45)46)30-12-9-27(16-31(30)43)15-26-7-10-28(38)11-8-26/h7-12,16,24-25,29H,13-15,17-23H2,1-6H3,(H,39,47)(H,45,46)/t24-,25-,29+,37?/m1/s1. The van der Waals surface area contributed by atoms with Crippen LogP contribution in [0.5, 0.6) is 0 Å². The highest BCUT2D eigenvalue weighted by Gasteiger charge is 2.48. The molecular weight excluding hydrogens is 645 g/mol. The summed E-state index contributed by atoms with van der Waals surface area (Å²) >= 11 is 0. The summed E-state index contributed by atoms with van der Waals surface area (Å²) in [6.07, 6.45) is 0.0999. The van der Waals surface area contributed by atoms with Gasteiger partial charge in [-0.15, -0.1) is 0 Å². The van der Waals surface area contributed by atoms with Crippen molar-refractivity contribution in [2.45, 2.75) is 77.1 Å². The molecule has 13 heteroatoms. The number of ether oxygens (including phenoxy) is 2. The molecule has 0 aromatic heterocycles. The number of amides is 3. The van der Waals surface area contributed by atoms with Crippen LogP contribution in [0.15, 0.2) is 42.5 Å². The van der Waals surface area contributed by atoms with Crippen LogP contribution in [-0.4, -0.2) is 126 Å². The van der Waals surface area contributed by atoms with E-state index in [4.69, 9.17) is 9.47 Å². The Morgan fingerprint density at radius 3 is 2.38 bits per heavy atom. The minimum atomic E-state index is -1.19. The highest BCUT2D eigenvalue weighted by molar-refractivity contribution is 6.03. The number of nitrogens with zero attached hydrogens (tertiary/aromatic N) is 4. The fourth-order valence-electron chi connectivity index (χ4n) is 7.08. The number of fused-ring (bicyclic) bond motifs is 1. The van der Waals surface area contributed by atoms with E-state index in [2.05, 4.69) is 22.0 Å². The van der Waals surface area contributed by atoms with E-state index < -0.39 is 29.4 Å². The molecule has 3 aliphatic heterocycles. The number of hydrogen-bond donors (Lipinski definition) is 2. The van der Waals surface area contributed by atoms with Crippen molar-refractivity contribution in [3.05, 3.63) is 65.0 Å². The lowest BCUT2D eigenvalue weighted by molar-refractivity contribution is -0.138. The number of carboxylic acids is 1. The first-order valence-electron chi connectivity index (χ1n) is 17.3. The Hall–Kier alpha value is -4.07. The Morgan fingerprint density at radius 2 is 1.72 bits per heavy atom. The second-order valence-corrected chi connectivity index (χ2v) is 15.0. The van der Waals surface area contributed by atoms with Gasteiger partial charge in [-0.05, 0) is 82.9 Å². The van der Waals surface area contributed by atoms with E-state index in [1.807, 2.05) is 45.9 Å². The largest absolute Gasteiger partial charge is 0.480 e. The second-order valence-electron chi connectivity index (χ2n) is 15.0. The lowest BCUT2D eigenvalue weighted by Gasteiger charge is -2.47. The minimum absolute atomic E-state index is 0.0329. The molecule has 0 bridgehead atoms. The number of anilines is 1. The van der Waals surface area contributed by atoms with Crippen LogP contribution in [0.3, 0.4) is 0 Å². The van der Waals surface area contributed by atoms with Gasteiger partial charge < -0.3 is 29.7 Å². The zero-order chi connectivity index (χ0) is 36.4. The van der Waals surface area contributed by atoms with E-state index in [1.165, 1.54) is 12.1 Å². The van der Waals surface area contributed by atoms with Crippen LogP contribution >= 0.6 is 0 Å². The first kappa shape index (κ1) is 37.2. The summed E-state index contributed by atoms with van der Waals surface area (Å²) in [5.74, 6) is -2.19. The molecule has 2 saturated heterocycles. The molecule has 1 unspecified atom stereocenters. The lowest BCUT2D eigenvalue weighted by atomic mass is 9.83. The maximum absolute atomic E-state index is 14.4. The number of aliphatic carboxylic acids is 1. The summed E-state index contributed by atoms with van der Waals surface area (Å²) in [5, 5.41) is 11.8. The zero-order valence-electron chi connectivity index (χ0n) is 29.9. The number of morpholine rings is 1. The monoisotopic (exact) mass is 695 g/mol. The van der Waals surface area contributed by atoms with Crippen LogP contribution in [0.4, 0.5) is 14.9 Å². The third kappa shape index (κ3) is 8.62. The maximum atomic E-state index is 14.4. The summed E-state index contributed by atoms with van der Waals surface area (Å²) in [5.41, 5.74) is 1.13. The van der Waals surface area contributed by atoms with Gasteiger partial charge in [-0.3, -0.25) is 24.2 Å². The molecule has 0 spiro atoms. The molecule has 4 atom stereocenters. The first-order valence-corrected chi connectivity index (χ1v) is 17.3. The van der Waals surface area contributed by atoms with Gasteiger partial charge in [-0.25, -0.2) is 9.18 Å². The number of rotatable bonds is 9. The number of nitrogens with one attached hydrogen (secondary N) is 1. The van der Waals surface area contributed by atoms with Crippen molar-refractivity contribution >= 4 is 29.6 Å². The molecule has 2 fully saturated rings. The number of piperazine rings is 1. The average molecular weight is 696 g/mol. The lowest BCUT2D eigenvalue weighted by Crippen LogP contribution is -2.64. The van der Waals surface area contributed by atoms with Gasteiger partial charge in [-0.1, -0.05) is 24.3 Å². The van der Waals surface area contributed by atoms with Gasteiger partial charge >= 0.3 is 12.1 Å². The van der Waals surface area contributed by atoms with Gasteiger partial charge in [0.1, 0.15) is 18.0 Å². The molecule has 5 rings (SSSR count). The van der Waals surface area contributed by atoms with Gasteiger partial charge in [0, 0.05) is 56.5 Å². The van der Waals surface area contributed by atoms with Crippen LogP contribution in [-0.2, 0) is 35.7 Å². The number of halogens is 1. The van der Waals surface area contributed by atoms with E-state index in [0.29, 0.717) is 50.5 Å². The zero-order valence-corrected chi connectivity index (χ0v) is 29.9. The number of hydrogen-bond acceptors (Lipinski definition) is 8. The summed E-state index contributed by atoms with van der Waals surface area (Å²) in [7, 11) is 0. The van der Waals surface area contributed by atoms with Gasteiger partial charge in [0.2, 0.25) is 11.8 Å². The number of benzene rings is 2. The van der Waals surface area contributed by atoms with Gasteiger partial charge in [0.05, 0.1) is 25.2 Å². The van der Waals surface area contributed by atoms with Gasteiger partial charge in [0.25, 0.3) is 0 Å². The molecule has 0 aliphatic carbocycles. The van der Waals surface area contributed by atoms with Crippen LogP contribution in [0.25, 0.3) is 0 Å². The van der Waals surface area contributed by atoms with Gasteiger partial charge in [0.15, 0.2) is 0 Å². The number of carbonyl (C=O) groups is 4. The Kier molecular flexibility index (Phi) is 11.2. The van der Waals surface area contributed by atoms with E-state index in [9.17, 15) is 28.7 Å². The molecule has 3 aliphatic rings. The summed E-state index contributed by atoms with van der Waals surface area (Å²) in [4.78, 5) is 60.4. The van der Waals surface area contributed by atoms with E-state index in [-0.39, 0.29) is 49.0 Å². The molecule has 0 radical (unpaired) electrons. The minimum Gasteiger partial charge on any atom is -0.480 e. The third-order valence-electron chi connectivity index (χ3n) is 9.82. The van der Waals surface area contributed by atoms with Crippen LogP contribution in [0.1, 0.15) is 58.2 Å². The highest BCUT2D eigenvalue weighted by Crippen LogP contribution is 2.42. The molecule has 12 nitrogen and oxygen atoms in total. The Bertz CT molecular complexity index is 1580. The maximum Gasteiger partial charge on any atom is 0.410 e. The van der Waals surface area contributed by atoms with Crippen molar-refractivity contribution < 1.29 is 38.1 Å². The fraction of sp³-hybridized carbons (Fsp3) is 0.568. The van der Waals surface area contributed by atoms with Crippen molar-refractivity contribution in [1.82, 2.24) is 20.0 Å². The molecule has 0 saturated carbocycles. The predicted octanol–water partition coefficient (Wildman–Crippen LogP) is 3.25. The fourth-order valence-corrected chi connectivity index (χ4v) is 7.08. The van der Waals surface area contributed by atoms with E-state index in [1.54, 1.807) is 28.9 Å². The SMILES string of the molecule is C[C@@H]1COCCN1C[C@H]1CN(C(=O)OC(C)(C)C)[C@H](C)CN1CC(=O)N1CC(C)(C(=O)NCC(=O)O)c2ccc(Cc3ccc(F)cc3)cc21. The van der Waals surface area contributed by atoms with Crippen molar-refractivity contribution in [2.75, 3.05) is 63.9 Å². The summed E-state index contributed by atoms with van der Waals surface area (Å²) in [6.45, 7) is 14.2. The highest BCUT2D eigenvalue weighted by atomic mass is 19.1. The molecular formula is C37H50FN5O7. The van der Waals surface area contributed by atoms with Crippen molar-refractivity contribution in [1.29, 1.82) is 0 Å². The molecule has 2 aromatic rings. The average Bonchev–Trinajstić information content (AvgIpc) is 3.35. The van der Waals surface area contributed by atoms with Gasteiger partial charge in [-0.2, -0.15) is 0 Å². The molecule has 3 heterocycles. The van der Waals surface area contributed by atoms with Crippen LogP contribution in [0.2, 0.25) is 0 Å². The Morgan fingerprint density at radius 1 is 1.02 bits per heavy atom. The molecule has 2 N–H and O–H groups in total. The predicted molar refractivity (Wildman–Crippen MR) is 186 cm³/mol.